The normalized spacial score (nSPS) is 12.7. The molecule has 0 aliphatic heterocycles. The maximum Gasteiger partial charge on any atom is 0.148 e. The number of nitrogens with one attached hydrogen (secondary N) is 1. The lowest BCUT2D eigenvalue weighted by Gasteiger charge is -2.12. The predicted molar refractivity (Wildman–Crippen MR) is 72.7 cm³/mol. The first-order chi connectivity index (χ1) is 8.60. The van der Waals surface area contributed by atoms with E-state index in [1.807, 2.05) is 11.6 Å². The van der Waals surface area contributed by atoms with Gasteiger partial charge in [-0.3, -0.25) is 0 Å². The number of hydrogen-bond donors (Lipinski definition) is 3. The Morgan fingerprint density at radius 1 is 1.56 bits per heavy atom. The van der Waals surface area contributed by atoms with Crippen molar-refractivity contribution in [3.63, 3.8) is 0 Å². The average Bonchev–Trinajstić information content (AvgIpc) is 2.58. The highest BCUT2D eigenvalue weighted by Crippen LogP contribution is 2.22. The quantitative estimate of drug-likeness (QED) is 0.646. The number of aliphatic hydroxyl groups is 1. The van der Waals surface area contributed by atoms with E-state index >= 15 is 0 Å². The number of nitrogen functional groups attached to an aromatic ring is 1. The highest BCUT2D eigenvalue weighted by Gasteiger charge is 2.12. The zero-order chi connectivity index (χ0) is 13.5. The number of aromatic nitrogens is 2. The van der Waals surface area contributed by atoms with Gasteiger partial charge in [-0.1, -0.05) is 6.92 Å². The molecule has 0 bridgehead atoms. The Morgan fingerprint density at radius 2 is 2.28 bits per heavy atom. The Kier molecular flexibility index (Phi) is 5.94. The molecule has 0 aliphatic carbocycles. The molecule has 0 saturated carbocycles. The maximum atomic E-state index is 9.56. The molecule has 1 heterocycles. The van der Waals surface area contributed by atoms with Crippen LogP contribution in [0.15, 0.2) is 0 Å². The van der Waals surface area contributed by atoms with Gasteiger partial charge in [-0.2, -0.15) is 5.10 Å². The van der Waals surface area contributed by atoms with Crippen LogP contribution < -0.4 is 11.1 Å². The molecule has 104 valence electrons. The molecular weight excluding hydrogens is 232 g/mol. The van der Waals surface area contributed by atoms with Crippen molar-refractivity contribution in [3.8, 4) is 0 Å². The van der Waals surface area contributed by atoms with E-state index in [9.17, 15) is 5.11 Å². The molecule has 0 aliphatic rings. The number of nitrogens with two attached hydrogens (primary N) is 1. The summed E-state index contributed by atoms with van der Waals surface area (Å²) in [4.78, 5) is 0. The van der Waals surface area contributed by atoms with E-state index in [0.717, 1.165) is 24.5 Å². The summed E-state index contributed by atoms with van der Waals surface area (Å²) in [5, 5.41) is 17.2. The van der Waals surface area contributed by atoms with E-state index in [1.165, 1.54) is 0 Å². The lowest BCUT2D eigenvalue weighted by molar-refractivity contribution is 0.0615. The second-order valence-corrected chi connectivity index (χ2v) is 4.40. The van der Waals surface area contributed by atoms with Crippen LogP contribution in [0.5, 0.6) is 0 Å². The van der Waals surface area contributed by atoms with Gasteiger partial charge in [0.1, 0.15) is 5.82 Å². The van der Waals surface area contributed by atoms with Crippen LogP contribution in [0.25, 0.3) is 0 Å². The molecular formula is C12H24N4O2. The fourth-order valence-electron chi connectivity index (χ4n) is 1.79. The van der Waals surface area contributed by atoms with Crippen molar-refractivity contribution in [1.82, 2.24) is 9.78 Å². The van der Waals surface area contributed by atoms with Crippen LogP contribution in [0, 0.1) is 6.92 Å². The van der Waals surface area contributed by atoms with Crippen molar-refractivity contribution < 1.29 is 9.84 Å². The van der Waals surface area contributed by atoms with Crippen molar-refractivity contribution in [2.24, 2.45) is 0 Å². The minimum absolute atomic E-state index is 0.352. The third kappa shape index (κ3) is 3.89. The monoisotopic (exact) mass is 256 g/mol. The van der Waals surface area contributed by atoms with Gasteiger partial charge < -0.3 is 20.9 Å². The Hall–Kier alpha value is -1.27. The number of methoxy groups -OCH3 is 1. The summed E-state index contributed by atoms with van der Waals surface area (Å²) in [5.74, 6) is 0.846. The summed E-state index contributed by atoms with van der Waals surface area (Å²) < 4.78 is 6.76. The van der Waals surface area contributed by atoms with Crippen LogP contribution in [-0.2, 0) is 11.3 Å². The van der Waals surface area contributed by atoms with Crippen molar-refractivity contribution >= 4 is 11.5 Å². The van der Waals surface area contributed by atoms with Gasteiger partial charge >= 0.3 is 0 Å². The second-order valence-electron chi connectivity index (χ2n) is 4.40. The number of aryl methyl sites for hydroxylation is 2. The molecule has 1 aromatic rings. The maximum absolute atomic E-state index is 9.56. The molecule has 6 heteroatoms. The van der Waals surface area contributed by atoms with Crippen LogP contribution in [0.2, 0.25) is 0 Å². The molecule has 18 heavy (non-hydrogen) atoms. The van der Waals surface area contributed by atoms with Gasteiger partial charge in [0.2, 0.25) is 0 Å². The molecule has 0 spiro atoms. The van der Waals surface area contributed by atoms with E-state index in [1.54, 1.807) is 7.11 Å². The SMILES string of the molecule is CCCn1nc(C)c(N)c1NCCC(O)COC. The summed E-state index contributed by atoms with van der Waals surface area (Å²) in [7, 11) is 1.58. The Bertz CT molecular complexity index is 365. The minimum Gasteiger partial charge on any atom is -0.394 e. The molecule has 0 saturated heterocycles. The second kappa shape index (κ2) is 7.23. The molecule has 1 aromatic heterocycles. The smallest absolute Gasteiger partial charge is 0.148 e. The van der Waals surface area contributed by atoms with Crippen LogP contribution in [0.4, 0.5) is 11.5 Å². The third-order valence-corrected chi connectivity index (χ3v) is 2.74. The van der Waals surface area contributed by atoms with Gasteiger partial charge in [0.05, 0.1) is 24.1 Å². The summed E-state index contributed by atoms with van der Waals surface area (Å²) in [6.07, 6.45) is 1.16. The molecule has 6 nitrogen and oxygen atoms in total. The van der Waals surface area contributed by atoms with E-state index in [2.05, 4.69) is 17.3 Å². The Morgan fingerprint density at radius 3 is 2.89 bits per heavy atom. The van der Waals surface area contributed by atoms with Gasteiger partial charge in [-0.05, 0) is 19.8 Å². The number of ether oxygens (including phenoxy) is 1. The zero-order valence-corrected chi connectivity index (χ0v) is 11.4. The van der Waals surface area contributed by atoms with E-state index in [0.29, 0.717) is 25.3 Å². The average molecular weight is 256 g/mol. The van der Waals surface area contributed by atoms with Gasteiger partial charge in [0.15, 0.2) is 0 Å². The van der Waals surface area contributed by atoms with Gasteiger partial charge in [0, 0.05) is 20.2 Å². The minimum atomic E-state index is -0.452. The summed E-state index contributed by atoms with van der Waals surface area (Å²) in [6.45, 7) is 5.82. The number of hydrogen-bond acceptors (Lipinski definition) is 5. The highest BCUT2D eigenvalue weighted by molar-refractivity contribution is 5.64. The molecule has 0 amide bonds. The van der Waals surface area contributed by atoms with Crippen molar-refractivity contribution in [2.45, 2.75) is 39.3 Å². The van der Waals surface area contributed by atoms with Crippen LogP contribution >= 0.6 is 0 Å². The molecule has 1 atom stereocenters. The molecule has 1 rings (SSSR count). The number of anilines is 2. The third-order valence-electron chi connectivity index (χ3n) is 2.74. The van der Waals surface area contributed by atoms with Crippen molar-refractivity contribution in [1.29, 1.82) is 0 Å². The first-order valence-corrected chi connectivity index (χ1v) is 6.33. The fraction of sp³-hybridized carbons (Fsp3) is 0.750. The lowest BCUT2D eigenvalue weighted by atomic mass is 10.2. The standard InChI is InChI=1S/C12H24N4O2/c1-4-7-16-12(11(13)9(2)15-16)14-6-5-10(17)8-18-3/h10,14,17H,4-8,13H2,1-3H3. The van der Waals surface area contributed by atoms with Crippen LogP contribution in [0.3, 0.4) is 0 Å². The van der Waals surface area contributed by atoms with Crippen molar-refractivity contribution in [3.05, 3.63) is 5.69 Å². The van der Waals surface area contributed by atoms with Crippen LogP contribution in [0.1, 0.15) is 25.5 Å². The first-order valence-electron chi connectivity index (χ1n) is 6.33. The van der Waals surface area contributed by atoms with E-state index in [4.69, 9.17) is 10.5 Å². The molecule has 0 aromatic carbocycles. The summed E-state index contributed by atoms with van der Waals surface area (Å²) >= 11 is 0. The molecule has 0 radical (unpaired) electrons. The van der Waals surface area contributed by atoms with Crippen molar-refractivity contribution in [2.75, 3.05) is 31.3 Å². The predicted octanol–water partition coefficient (Wildman–Crippen LogP) is 0.993. The fourth-order valence-corrected chi connectivity index (χ4v) is 1.79. The topological polar surface area (TPSA) is 85.3 Å². The highest BCUT2D eigenvalue weighted by atomic mass is 16.5. The summed E-state index contributed by atoms with van der Waals surface area (Å²) in [5.41, 5.74) is 7.50. The van der Waals surface area contributed by atoms with E-state index < -0.39 is 6.10 Å². The summed E-state index contributed by atoms with van der Waals surface area (Å²) in [6, 6.07) is 0. The number of aliphatic hydroxyl groups excluding tert-OH is 1. The van der Waals surface area contributed by atoms with Gasteiger partial charge in [0.25, 0.3) is 0 Å². The largest absolute Gasteiger partial charge is 0.394 e. The molecule has 1 unspecified atom stereocenters. The molecule has 4 N–H and O–H groups in total. The lowest BCUT2D eigenvalue weighted by Crippen LogP contribution is -2.19. The van der Waals surface area contributed by atoms with Gasteiger partial charge in [-0.15, -0.1) is 0 Å². The van der Waals surface area contributed by atoms with Crippen LogP contribution in [-0.4, -0.2) is 41.3 Å². The molecule has 0 fully saturated rings. The Balaban J connectivity index is 2.55. The van der Waals surface area contributed by atoms with Gasteiger partial charge in [-0.25, -0.2) is 4.68 Å². The number of nitrogens with zero attached hydrogens (tertiary/aromatic N) is 2. The Labute approximate surface area is 108 Å². The number of rotatable bonds is 8. The first kappa shape index (κ1) is 14.8. The zero-order valence-electron chi connectivity index (χ0n) is 11.4. The van der Waals surface area contributed by atoms with E-state index in [-0.39, 0.29) is 0 Å².